The molecular weight excluding hydrogens is 265 g/mol. The Hall–Kier alpha value is -0.240. The van der Waals surface area contributed by atoms with Crippen LogP contribution in [0, 0.1) is 5.92 Å². The number of nitrogens with one attached hydrogen (secondary N) is 1. The van der Waals surface area contributed by atoms with E-state index in [2.05, 4.69) is 26.1 Å². The van der Waals surface area contributed by atoms with Crippen molar-refractivity contribution in [2.24, 2.45) is 5.92 Å². The van der Waals surface area contributed by atoms with Crippen molar-refractivity contribution in [1.82, 2.24) is 5.32 Å². The quantitative estimate of drug-likeness (QED) is 0.701. The highest BCUT2D eigenvalue weighted by atomic mass is 35.5. The van der Waals surface area contributed by atoms with E-state index in [-0.39, 0.29) is 0 Å². The molecule has 1 atom stereocenters. The molecule has 18 heavy (non-hydrogen) atoms. The van der Waals surface area contributed by atoms with E-state index in [0.717, 1.165) is 19.4 Å². The average molecular weight is 288 g/mol. The van der Waals surface area contributed by atoms with Crippen LogP contribution in [-0.2, 0) is 0 Å². The summed E-state index contributed by atoms with van der Waals surface area (Å²) in [6.07, 6.45) is 3.45. The summed E-state index contributed by atoms with van der Waals surface area (Å²) >= 11 is 12.2. The lowest BCUT2D eigenvalue weighted by Gasteiger charge is -2.20. The van der Waals surface area contributed by atoms with Crippen LogP contribution in [0.3, 0.4) is 0 Å². The Kier molecular flexibility index (Phi) is 7.06. The van der Waals surface area contributed by atoms with Crippen LogP contribution >= 0.6 is 23.2 Å². The summed E-state index contributed by atoms with van der Waals surface area (Å²) in [6.45, 7) is 7.70. The minimum Gasteiger partial charge on any atom is -0.310 e. The summed E-state index contributed by atoms with van der Waals surface area (Å²) in [5, 5.41) is 5.00. The smallest absolute Gasteiger partial charge is 0.0424 e. The number of rotatable bonds is 7. The van der Waals surface area contributed by atoms with Crippen molar-refractivity contribution in [2.45, 2.75) is 46.1 Å². The van der Waals surface area contributed by atoms with Gasteiger partial charge in [-0.15, -0.1) is 0 Å². The van der Waals surface area contributed by atoms with Crippen LogP contribution in [0.1, 0.15) is 51.6 Å². The second-order valence-corrected chi connectivity index (χ2v) is 6.05. The maximum atomic E-state index is 6.08. The van der Waals surface area contributed by atoms with E-state index >= 15 is 0 Å². The third-order valence-corrected chi connectivity index (χ3v) is 3.40. The Morgan fingerprint density at radius 2 is 1.67 bits per heavy atom. The summed E-state index contributed by atoms with van der Waals surface area (Å²) in [5.74, 6) is 0.714. The highest BCUT2D eigenvalue weighted by Crippen LogP contribution is 2.27. The van der Waals surface area contributed by atoms with Crippen molar-refractivity contribution in [3.8, 4) is 0 Å². The maximum Gasteiger partial charge on any atom is 0.0424 e. The molecule has 102 valence electrons. The second-order valence-electron chi connectivity index (χ2n) is 5.18. The molecule has 0 amide bonds. The summed E-state index contributed by atoms with van der Waals surface area (Å²) in [4.78, 5) is 0. The number of benzene rings is 1. The monoisotopic (exact) mass is 287 g/mol. The molecule has 0 saturated carbocycles. The molecule has 0 spiro atoms. The Morgan fingerprint density at radius 3 is 2.17 bits per heavy atom. The predicted molar refractivity (Wildman–Crippen MR) is 81.6 cm³/mol. The minimum atomic E-state index is 0.351. The van der Waals surface area contributed by atoms with Crippen LogP contribution in [-0.4, -0.2) is 6.54 Å². The van der Waals surface area contributed by atoms with Gasteiger partial charge in [-0.1, -0.05) is 44.0 Å². The van der Waals surface area contributed by atoms with Crippen molar-refractivity contribution in [1.29, 1.82) is 0 Å². The zero-order valence-electron chi connectivity index (χ0n) is 11.5. The number of hydrogen-bond acceptors (Lipinski definition) is 1. The van der Waals surface area contributed by atoms with Crippen LogP contribution in [0.25, 0.3) is 0 Å². The molecule has 3 heteroatoms. The van der Waals surface area contributed by atoms with Gasteiger partial charge in [0.1, 0.15) is 0 Å². The Balaban J connectivity index is 2.79. The lowest BCUT2D eigenvalue weighted by atomic mass is 9.97. The molecule has 1 unspecified atom stereocenters. The molecule has 0 bridgehead atoms. The lowest BCUT2D eigenvalue weighted by molar-refractivity contribution is 0.441. The molecule has 1 nitrogen and oxygen atoms in total. The van der Waals surface area contributed by atoms with Crippen LogP contribution in [0.15, 0.2) is 18.2 Å². The lowest BCUT2D eigenvalue weighted by Crippen LogP contribution is -2.22. The average Bonchev–Trinajstić information content (AvgIpc) is 2.27. The summed E-state index contributed by atoms with van der Waals surface area (Å²) in [6, 6.07) is 6.16. The molecular formula is C15H23Cl2N. The second kappa shape index (κ2) is 8.04. The maximum absolute atomic E-state index is 6.08. The Morgan fingerprint density at radius 1 is 1.06 bits per heavy atom. The number of hydrogen-bond donors (Lipinski definition) is 1. The van der Waals surface area contributed by atoms with E-state index in [9.17, 15) is 0 Å². The van der Waals surface area contributed by atoms with E-state index in [1.165, 1.54) is 12.0 Å². The molecule has 0 heterocycles. The highest BCUT2D eigenvalue weighted by molar-refractivity contribution is 6.34. The van der Waals surface area contributed by atoms with Gasteiger partial charge in [0.2, 0.25) is 0 Å². The van der Waals surface area contributed by atoms with Gasteiger partial charge in [-0.05, 0) is 55.5 Å². The normalized spacial score (nSPS) is 13.0. The molecule has 0 aliphatic heterocycles. The number of halogens is 2. The topological polar surface area (TPSA) is 12.0 Å². The van der Waals surface area contributed by atoms with Gasteiger partial charge in [0.25, 0.3) is 0 Å². The molecule has 0 aliphatic rings. The first-order chi connectivity index (χ1) is 8.52. The van der Waals surface area contributed by atoms with Crippen LogP contribution in [0.2, 0.25) is 10.0 Å². The zero-order valence-corrected chi connectivity index (χ0v) is 13.0. The zero-order chi connectivity index (χ0) is 13.5. The predicted octanol–water partition coefficient (Wildman–Crippen LogP) is 5.47. The standard InChI is InChI=1S/C15H23Cl2N/c1-4-7-18-15(6-5-11(2)3)12-8-13(16)10-14(17)9-12/h8-11,15,18H,4-7H2,1-3H3. The van der Waals surface area contributed by atoms with Crippen molar-refractivity contribution >= 4 is 23.2 Å². The van der Waals surface area contributed by atoms with E-state index < -0.39 is 0 Å². The van der Waals surface area contributed by atoms with Gasteiger partial charge in [-0.2, -0.15) is 0 Å². The van der Waals surface area contributed by atoms with Gasteiger partial charge >= 0.3 is 0 Å². The summed E-state index contributed by atoms with van der Waals surface area (Å²) < 4.78 is 0. The molecule has 1 aromatic rings. The molecule has 0 radical (unpaired) electrons. The highest BCUT2D eigenvalue weighted by Gasteiger charge is 2.12. The van der Waals surface area contributed by atoms with Gasteiger partial charge in [-0.25, -0.2) is 0 Å². The summed E-state index contributed by atoms with van der Waals surface area (Å²) in [5.41, 5.74) is 1.20. The van der Waals surface area contributed by atoms with Crippen molar-refractivity contribution in [3.05, 3.63) is 33.8 Å². The van der Waals surface area contributed by atoms with Gasteiger partial charge in [0.05, 0.1) is 0 Å². The first kappa shape index (κ1) is 15.8. The van der Waals surface area contributed by atoms with Crippen LogP contribution in [0.5, 0.6) is 0 Å². The molecule has 0 aliphatic carbocycles. The molecule has 1 N–H and O–H groups in total. The minimum absolute atomic E-state index is 0.351. The summed E-state index contributed by atoms with van der Waals surface area (Å²) in [7, 11) is 0. The fraction of sp³-hybridized carbons (Fsp3) is 0.600. The van der Waals surface area contributed by atoms with Crippen molar-refractivity contribution in [3.63, 3.8) is 0 Å². The van der Waals surface area contributed by atoms with E-state index in [1.54, 1.807) is 6.07 Å². The molecule has 1 rings (SSSR count). The van der Waals surface area contributed by atoms with E-state index in [0.29, 0.717) is 22.0 Å². The fourth-order valence-corrected chi connectivity index (χ4v) is 2.52. The molecule has 0 saturated heterocycles. The first-order valence-corrected chi connectivity index (χ1v) is 7.48. The SMILES string of the molecule is CCCNC(CCC(C)C)c1cc(Cl)cc(Cl)c1. The van der Waals surface area contributed by atoms with E-state index in [1.807, 2.05) is 12.1 Å². The van der Waals surface area contributed by atoms with Crippen LogP contribution in [0.4, 0.5) is 0 Å². The third kappa shape index (κ3) is 5.60. The fourth-order valence-electron chi connectivity index (χ4n) is 1.98. The van der Waals surface area contributed by atoms with Gasteiger partial charge in [0.15, 0.2) is 0 Å². The Labute approximate surface area is 121 Å². The Bertz CT molecular complexity index is 343. The van der Waals surface area contributed by atoms with Crippen LogP contribution < -0.4 is 5.32 Å². The van der Waals surface area contributed by atoms with Gasteiger partial charge < -0.3 is 5.32 Å². The van der Waals surface area contributed by atoms with Gasteiger partial charge in [0, 0.05) is 16.1 Å². The molecule has 1 aromatic carbocycles. The van der Waals surface area contributed by atoms with Crippen molar-refractivity contribution < 1.29 is 0 Å². The van der Waals surface area contributed by atoms with E-state index in [4.69, 9.17) is 23.2 Å². The molecule has 0 aromatic heterocycles. The molecule has 0 fully saturated rings. The van der Waals surface area contributed by atoms with Gasteiger partial charge in [-0.3, -0.25) is 0 Å². The van der Waals surface area contributed by atoms with Crippen molar-refractivity contribution in [2.75, 3.05) is 6.54 Å². The largest absolute Gasteiger partial charge is 0.310 e. The first-order valence-electron chi connectivity index (χ1n) is 6.72. The third-order valence-electron chi connectivity index (χ3n) is 2.96.